The summed E-state index contributed by atoms with van der Waals surface area (Å²) >= 11 is 0. The summed E-state index contributed by atoms with van der Waals surface area (Å²) in [5.41, 5.74) is 7.68. The number of para-hydroxylation sites is 1. The second kappa shape index (κ2) is 7.91. The lowest BCUT2D eigenvalue weighted by molar-refractivity contribution is -0.115. The standard InChI is InChI=1S/C25H20N4O2/c1-16-4-2-7-22-24(16)28-25(27-22)19-6-3-5-18(14-19)17-8-10-20(11-9-17)26-23(30)15-21-12-13-31-29-21/h2-14H,15H2,1H3,(H,26,30)(H,27,28). The predicted molar refractivity (Wildman–Crippen MR) is 121 cm³/mol. The van der Waals surface area contributed by atoms with E-state index in [2.05, 4.69) is 46.6 Å². The van der Waals surface area contributed by atoms with Crippen molar-refractivity contribution in [1.29, 1.82) is 0 Å². The number of fused-ring (bicyclic) bond motifs is 1. The quantitative estimate of drug-likeness (QED) is 0.409. The van der Waals surface area contributed by atoms with Gasteiger partial charge >= 0.3 is 0 Å². The zero-order valence-electron chi connectivity index (χ0n) is 16.9. The van der Waals surface area contributed by atoms with Gasteiger partial charge in [-0.3, -0.25) is 4.79 Å². The monoisotopic (exact) mass is 408 g/mol. The first-order chi connectivity index (χ1) is 15.2. The number of hydrogen-bond acceptors (Lipinski definition) is 4. The highest BCUT2D eigenvalue weighted by Gasteiger charge is 2.09. The molecule has 0 spiro atoms. The Labute approximate surface area is 178 Å². The van der Waals surface area contributed by atoms with E-state index in [1.165, 1.54) is 6.26 Å². The van der Waals surface area contributed by atoms with Crippen molar-refractivity contribution >= 4 is 22.6 Å². The molecular formula is C25H20N4O2. The first-order valence-electron chi connectivity index (χ1n) is 10.0. The molecule has 2 N–H and O–H groups in total. The predicted octanol–water partition coefficient (Wildman–Crippen LogP) is 5.37. The highest BCUT2D eigenvalue weighted by Crippen LogP contribution is 2.28. The summed E-state index contributed by atoms with van der Waals surface area (Å²) in [6.45, 7) is 2.06. The Hall–Kier alpha value is -4.19. The van der Waals surface area contributed by atoms with Crippen LogP contribution in [-0.2, 0) is 11.2 Å². The molecule has 3 aromatic carbocycles. The number of rotatable bonds is 5. The summed E-state index contributed by atoms with van der Waals surface area (Å²) in [7, 11) is 0. The van der Waals surface area contributed by atoms with Crippen molar-refractivity contribution < 1.29 is 9.32 Å². The van der Waals surface area contributed by atoms with Crippen molar-refractivity contribution in [3.8, 4) is 22.5 Å². The minimum absolute atomic E-state index is 0.135. The third kappa shape index (κ3) is 3.96. The number of aryl methyl sites for hydroxylation is 1. The number of nitrogens with zero attached hydrogens (tertiary/aromatic N) is 2. The van der Waals surface area contributed by atoms with Crippen molar-refractivity contribution in [3.05, 3.63) is 90.3 Å². The van der Waals surface area contributed by atoms with Crippen LogP contribution in [0.25, 0.3) is 33.5 Å². The molecule has 0 aliphatic carbocycles. The van der Waals surface area contributed by atoms with Crippen LogP contribution in [0.2, 0.25) is 0 Å². The topological polar surface area (TPSA) is 83.8 Å². The van der Waals surface area contributed by atoms with Gasteiger partial charge in [-0.15, -0.1) is 0 Å². The van der Waals surface area contributed by atoms with Crippen LogP contribution >= 0.6 is 0 Å². The Kier molecular flexibility index (Phi) is 4.80. The molecule has 5 aromatic rings. The number of anilines is 1. The second-order valence-electron chi connectivity index (χ2n) is 7.43. The Bertz CT molecular complexity index is 1350. The highest BCUT2D eigenvalue weighted by molar-refractivity contribution is 5.92. The van der Waals surface area contributed by atoms with Crippen molar-refractivity contribution in [2.24, 2.45) is 0 Å². The molecule has 0 saturated carbocycles. The Balaban J connectivity index is 1.35. The number of H-pyrrole nitrogens is 1. The Morgan fingerprint density at radius 2 is 1.77 bits per heavy atom. The SMILES string of the molecule is Cc1cccc2[nH]c(-c3cccc(-c4ccc(NC(=O)Cc5ccon5)cc4)c3)nc12. The molecule has 2 heterocycles. The van der Waals surface area contributed by atoms with E-state index in [-0.39, 0.29) is 12.3 Å². The number of benzene rings is 3. The maximum absolute atomic E-state index is 12.1. The number of aromatic amines is 1. The largest absolute Gasteiger partial charge is 0.364 e. The van der Waals surface area contributed by atoms with Gasteiger partial charge in [-0.1, -0.05) is 47.6 Å². The van der Waals surface area contributed by atoms with Crippen LogP contribution in [0.15, 0.2) is 83.6 Å². The van der Waals surface area contributed by atoms with E-state index in [4.69, 9.17) is 9.51 Å². The van der Waals surface area contributed by atoms with Crippen LogP contribution in [0, 0.1) is 6.92 Å². The van der Waals surface area contributed by atoms with Crippen LogP contribution in [0.1, 0.15) is 11.3 Å². The van der Waals surface area contributed by atoms with Gasteiger partial charge in [0, 0.05) is 17.3 Å². The first kappa shape index (κ1) is 18.8. The number of imidazole rings is 1. The number of aromatic nitrogens is 3. The van der Waals surface area contributed by atoms with E-state index in [0.717, 1.165) is 44.8 Å². The molecule has 6 heteroatoms. The average molecular weight is 408 g/mol. The van der Waals surface area contributed by atoms with Crippen LogP contribution in [0.5, 0.6) is 0 Å². The molecule has 31 heavy (non-hydrogen) atoms. The third-order valence-corrected chi connectivity index (χ3v) is 5.19. The summed E-state index contributed by atoms with van der Waals surface area (Å²) < 4.78 is 4.76. The molecule has 0 saturated heterocycles. The average Bonchev–Trinajstić information content (AvgIpc) is 3.45. The fourth-order valence-corrected chi connectivity index (χ4v) is 3.60. The molecule has 0 aliphatic heterocycles. The highest BCUT2D eigenvalue weighted by atomic mass is 16.5. The number of hydrogen-bond donors (Lipinski definition) is 2. The summed E-state index contributed by atoms with van der Waals surface area (Å²) in [5.74, 6) is 0.715. The lowest BCUT2D eigenvalue weighted by Gasteiger charge is -2.07. The number of carbonyl (C=O) groups excluding carboxylic acids is 1. The minimum Gasteiger partial charge on any atom is -0.364 e. The Morgan fingerprint density at radius 1 is 0.968 bits per heavy atom. The molecule has 152 valence electrons. The summed E-state index contributed by atoms with van der Waals surface area (Å²) in [6.07, 6.45) is 1.63. The van der Waals surface area contributed by atoms with E-state index < -0.39 is 0 Å². The summed E-state index contributed by atoms with van der Waals surface area (Å²) in [6, 6.07) is 23.9. The van der Waals surface area contributed by atoms with Gasteiger partial charge in [-0.05, 0) is 47.9 Å². The van der Waals surface area contributed by atoms with Crippen molar-refractivity contribution in [2.45, 2.75) is 13.3 Å². The van der Waals surface area contributed by atoms with E-state index in [9.17, 15) is 4.79 Å². The van der Waals surface area contributed by atoms with Crippen molar-refractivity contribution in [3.63, 3.8) is 0 Å². The van der Waals surface area contributed by atoms with Gasteiger partial charge in [0.2, 0.25) is 5.91 Å². The molecule has 0 bridgehead atoms. The third-order valence-electron chi connectivity index (χ3n) is 5.19. The van der Waals surface area contributed by atoms with Gasteiger partial charge < -0.3 is 14.8 Å². The first-order valence-corrected chi connectivity index (χ1v) is 10.0. The maximum Gasteiger partial charge on any atom is 0.230 e. The van der Waals surface area contributed by atoms with Gasteiger partial charge in [0.15, 0.2) is 0 Å². The van der Waals surface area contributed by atoms with E-state index in [1.807, 2.05) is 42.5 Å². The molecular weight excluding hydrogens is 388 g/mol. The van der Waals surface area contributed by atoms with Crippen LogP contribution in [0.3, 0.4) is 0 Å². The van der Waals surface area contributed by atoms with E-state index >= 15 is 0 Å². The van der Waals surface area contributed by atoms with E-state index in [0.29, 0.717) is 5.69 Å². The molecule has 0 unspecified atom stereocenters. The molecule has 1 amide bonds. The van der Waals surface area contributed by atoms with Crippen molar-refractivity contribution in [1.82, 2.24) is 15.1 Å². The number of carbonyl (C=O) groups is 1. The second-order valence-corrected chi connectivity index (χ2v) is 7.43. The maximum atomic E-state index is 12.1. The van der Waals surface area contributed by atoms with Gasteiger partial charge in [0.1, 0.15) is 12.1 Å². The van der Waals surface area contributed by atoms with Gasteiger partial charge in [-0.2, -0.15) is 0 Å². The molecule has 2 aromatic heterocycles. The zero-order valence-corrected chi connectivity index (χ0v) is 16.9. The fraction of sp³-hybridized carbons (Fsp3) is 0.0800. The summed E-state index contributed by atoms with van der Waals surface area (Å²) in [5, 5.41) is 6.64. The zero-order chi connectivity index (χ0) is 21.2. The molecule has 0 radical (unpaired) electrons. The molecule has 0 atom stereocenters. The van der Waals surface area contributed by atoms with E-state index in [1.54, 1.807) is 6.07 Å². The Morgan fingerprint density at radius 3 is 2.55 bits per heavy atom. The molecule has 0 aliphatic rings. The number of amides is 1. The smallest absolute Gasteiger partial charge is 0.230 e. The summed E-state index contributed by atoms with van der Waals surface area (Å²) in [4.78, 5) is 20.3. The van der Waals surface area contributed by atoms with Gasteiger partial charge in [0.05, 0.1) is 23.1 Å². The van der Waals surface area contributed by atoms with Crippen LogP contribution in [0.4, 0.5) is 5.69 Å². The fourth-order valence-electron chi connectivity index (χ4n) is 3.60. The van der Waals surface area contributed by atoms with Gasteiger partial charge in [0.25, 0.3) is 0 Å². The molecule has 6 nitrogen and oxygen atoms in total. The molecule has 5 rings (SSSR count). The lowest BCUT2D eigenvalue weighted by Crippen LogP contribution is -2.14. The van der Waals surface area contributed by atoms with Gasteiger partial charge in [-0.25, -0.2) is 4.98 Å². The minimum atomic E-state index is -0.135. The van der Waals surface area contributed by atoms with Crippen LogP contribution < -0.4 is 5.32 Å². The van der Waals surface area contributed by atoms with Crippen LogP contribution in [-0.4, -0.2) is 21.0 Å². The lowest BCUT2D eigenvalue weighted by atomic mass is 10.0. The van der Waals surface area contributed by atoms with Crippen molar-refractivity contribution in [2.75, 3.05) is 5.32 Å². The number of nitrogens with one attached hydrogen (secondary N) is 2. The molecule has 0 fully saturated rings. The normalized spacial score (nSPS) is 11.0.